The maximum atomic E-state index is 11.8. The van der Waals surface area contributed by atoms with E-state index in [9.17, 15) is 9.59 Å². The fourth-order valence-corrected chi connectivity index (χ4v) is 4.95. The Balaban J connectivity index is 1.26. The number of hydrogen-bond donors (Lipinski definition) is 0. The second-order valence-electron chi connectivity index (χ2n) is 9.79. The van der Waals surface area contributed by atoms with Gasteiger partial charge in [0.2, 0.25) is 11.8 Å². The van der Waals surface area contributed by atoms with E-state index in [1.54, 1.807) is 7.11 Å². The average molecular weight is 479 g/mol. The number of ether oxygens (including phenoxy) is 3. The number of methoxy groups -OCH3 is 1. The second-order valence-corrected chi connectivity index (χ2v) is 9.79. The zero-order chi connectivity index (χ0) is 24.4. The molecule has 7 heteroatoms. The van der Waals surface area contributed by atoms with Crippen molar-refractivity contribution in [1.29, 1.82) is 0 Å². The third kappa shape index (κ3) is 5.45. The maximum Gasteiger partial charge on any atom is 0.229 e. The quantitative estimate of drug-likeness (QED) is 0.453. The Bertz CT molecular complexity index is 1080. The normalized spacial score (nSPS) is 18.1. The first-order chi connectivity index (χ1) is 17.0. The van der Waals surface area contributed by atoms with Crippen LogP contribution in [0.5, 0.6) is 17.2 Å². The van der Waals surface area contributed by atoms with Crippen LogP contribution in [0.1, 0.15) is 55.3 Å². The van der Waals surface area contributed by atoms with Gasteiger partial charge in [0.15, 0.2) is 11.5 Å². The lowest BCUT2D eigenvalue weighted by Gasteiger charge is -2.30. The van der Waals surface area contributed by atoms with Gasteiger partial charge in [-0.1, -0.05) is 18.2 Å². The monoisotopic (exact) mass is 478 g/mol. The van der Waals surface area contributed by atoms with Crippen molar-refractivity contribution >= 4 is 11.8 Å². The van der Waals surface area contributed by atoms with E-state index in [-0.39, 0.29) is 25.0 Å². The molecule has 0 aromatic heterocycles. The molecule has 186 valence electrons. The number of likely N-dealkylation sites (tertiary alicyclic amines) is 1. The van der Waals surface area contributed by atoms with Crippen LogP contribution in [0.2, 0.25) is 0 Å². The van der Waals surface area contributed by atoms with Crippen LogP contribution in [-0.4, -0.2) is 55.0 Å². The Morgan fingerprint density at radius 3 is 2.60 bits per heavy atom. The van der Waals surface area contributed by atoms with Gasteiger partial charge in [0.05, 0.1) is 20.3 Å². The summed E-state index contributed by atoms with van der Waals surface area (Å²) < 4.78 is 17.2. The van der Waals surface area contributed by atoms with Gasteiger partial charge in [0.25, 0.3) is 0 Å². The highest BCUT2D eigenvalue weighted by atomic mass is 16.5. The Morgan fingerprint density at radius 1 is 1.06 bits per heavy atom. The number of amides is 2. The molecule has 0 spiro atoms. The number of carbonyl (C=O) groups is 2. The number of hydrogen-bond acceptors (Lipinski definition) is 6. The van der Waals surface area contributed by atoms with E-state index in [1.165, 1.54) is 28.9 Å². The van der Waals surface area contributed by atoms with Gasteiger partial charge in [-0.3, -0.25) is 19.4 Å². The summed E-state index contributed by atoms with van der Waals surface area (Å²) in [5.74, 6) is 2.83. The van der Waals surface area contributed by atoms with Gasteiger partial charge >= 0.3 is 0 Å². The SMILES string of the molecule is COc1cc(CN(CC2CC2)C(C)c2ccc3c(c2)CCO3)ccc1OCCN1C(=O)CCC1=O. The summed E-state index contributed by atoms with van der Waals surface area (Å²) in [4.78, 5) is 27.4. The van der Waals surface area contributed by atoms with E-state index in [4.69, 9.17) is 14.2 Å². The summed E-state index contributed by atoms with van der Waals surface area (Å²) in [6.45, 7) is 5.47. The van der Waals surface area contributed by atoms with Crippen LogP contribution in [0.25, 0.3) is 0 Å². The van der Waals surface area contributed by atoms with Crippen LogP contribution in [0.4, 0.5) is 0 Å². The third-order valence-corrected chi connectivity index (χ3v) is 7.27. The molecule has 1 saturated carbocycles. The number of rotatable bonds is 11. The van der Waals surface area contributed by atoms with Crippen LogP contribution in [-0.2, 0) is 22.6 Å². The van der Waals surface area contributed by atoms with Crippen LogP contribution in [0.3, 0.4) is 0 Å². The van der Waals surface area contributed by atoms with Crippen LogP contribution < -0.4 is 14.2 Å². The summed E-state index contributed by atoms with van der Waals surface area (Å²) in [5.41, 5.74) is 3.80. The van der Waals surface area contributed by atoms with Gasteiger partial charge < -0.3 is 14.2 Å². The highest BCUT2D eigenvalue weighted by Crippen LogP contribution is 2.36. The highest BCUT2D eigenvalue weighted by Gasteiger charge is 2.29. The van der Waals surface area contributed by atoms with Gasteiger partial charge in [-0.25, -0.2) is 0 Å². The Hall–Kier alpha value is -3.06. The molecule has 1 aliphatic carbocycles. The van der Waals surface area contributed by atoms with Crippen LogP contribution >= 0.6 is 0 Å². The lowest BCUT2D eigenvalue weighted by Crippen LogP contribution is -2.33. The predicted molar refractivity (Wildman–Crippen MR) is 132 cm³/mol. The number of benzene rings is 2. The molecule has 2 heterocycles. The first-order valence-electron chi connectivity index (χ1n) is 12.6. The molecule has 0 bridgehead atoms. The van der Waals surface area contributed by atoms with E-state index in [1.807, 2.05) is 12.1 Å². The topological polar surface area (TPSA) is 68.3 Å². The number of nitrogens with zero attached hydrogens (tertiary/aromatic N) is 2. The highest BCUT2D eigenvalue weighted by molar-refractivity contribution is 6.01. The molecular formula is C28H34N2O5. The second kappa shape index (κ2) is 10.3. The maximum absolute atomic E-state index is 11.8. The molecule has 2 aliphatic heterocycles. The molecule has 5 rings (SSSR count). The number of fused-ring (bicyclic) bond motifs is 1. The van der Waals surface area contributed by atoms with Crippen molar-refractivity contribution in [3.05, 3.63) is 53.1 Å². The number of carbonyl (C=O) groups excluding carboxylic acids is 2. The van der Waals surface area contributed by atoms with Crippen LogP contribution in [0.15, 0.2) is 36.4 Å². The van der Waals surface area contributed by atoms with Gasteiger partial charge in [0, 0.05) is 38.4 Å². The third-order valence-electron chi connectivity index (χ3n) is 7.27. The molecule has 1 saturated heterocycles. The zero-order valence-corrected chi connectivity index (χ0v) is 20.6. The number of imide groups is 1. The molecule has 0 N–H and O–H groups in total. The van der Waals surface area contributed by atoms with E-state index in [0.29, 0.717) is 30.4 Å². The fraction of sp³-hybridized carbons (Fsp3) is 0.500. The van der Waals surface area contributed by atoms with Gasteiger partial charge in [-0.15, -0.1) is 0 Å². The van der Waals surface area contributed by atoms with Crippen molar-refractivity contribution in [2.75, 3.05) is 33.4 Å². The van der Waals surface area contributed by atoms with Crippen molar-refractivity contribution in [1.82, 2.24) is 9.80 Å². The average Bonchev–Trinajstić information content (AvgIpc) is 3.46. The van der Waals surface area contributed by atoms with E-state index >= 15 is 0 Å². The molecule has 1 atom stereocenters. The summed E-state index contributed by atoms with van der Waals surface area (Å²) in [7, 11) is 1.64. The molecule has 2 fully saturated rings. The van der Waals surface area contributed by atoms with Gasteiger partial charge in [-0.05, 0) is 60.6 Å². The molecule has 3 aliphatic rings. The lowest BCUT2D eigenvalue weighted by molar-refractivity contribution is -0.138. The van der Waals surface area contributed by atoms with Gasteiger partial charge in [-0.2, -0.15) is 0 Å². The molecule has 2 aromatic rings. The Morgan fingerprint density at radius 2 is 1.86 bits per heavy atom. The van der Waals surface area contributed by atoms with Gasteiger partial charge in [0.1, 0.15) is 12.4 Å². The minimum Gasteiger partial charge on any atom is -0.493 e. The minimum atomic E-state index is -0.123. The molecular weight excluding hydrogens is 444 g/mol. The van der Waals surface area contributed by atoms with Crippen LogP contribution in [0, 0.1) is 5.92 Å². The van der Waals surface area contributed by atoms with E-state index in [2.05, 4.69) is 36.1 Å². The predicted octanol–water partition coefficient (Wildman–Crippen LogP) is 4.13. The Kier molecular flexibility index (Phi) is 6.95. The van der Waals surface area contributed by atoms with Crippen molar-refractivity contribution < 1.29 is 23.8 Å². The van der Waals surface area contributed by atoms with Crippen molar-refractivity contribution in [3.63, 3.8) is 0 Å². The van der Waals surface area contributed by atoms with E-state index in [0.717, 1.165) is 43.3 Å². The Labute approximate surface area is 206 Å². The van der Waals surface area contributed by atoms with E-state index < -0.39 is 0 Å². The molecule has 2 amide bonds. The molecule has 1 unspecified atom stereocenters. The van der Waals surface area contributed by atoms with Crippen molar-refractivity contribution in [2.24, 2.45) is 5.92 Å². The smallest absolute Gasteiger partial charge is 0.229 e. The fourth-order valence-electron chi connectivity index (χ4n) is 4.95. The molecule has 7 nitrogen and oxygen atoms in total. The molecule has 2 aromatic carbocycles. The first kappa shape index (κ1) is 23.7. The molecule has 0 radical (unpaired) electrons. The standard InChI is InChI=1S/C28H34N2O5/c1-19(22-6-8-24-23(16-22)11-13-34-24)29(17-20-3-4-20)18-21-5-7-25(26(15-21)33-2)35-14-12-30-27(31)9-10-28(30)32/h5-8,15-16,19-20H,3-4,9-14,17-18H2,1-2H3. The lowest BCUT2D eigenvalue weighted by atomic mass is 10.0. The first-order valence-corrected chi connectivity index (χ1v) is 12.6. The largest absolute Gasteiger partial charge is 0.493 e. The summed E-state index contributed by atoms with van der Waals surface area (Å²) in [6, 6.07) is 12.9. The van der Waals surface area contributed by atoms with Crippen molar-refractivity contribution in [2.45, 2.75) is 51.6 Å². The summed E-state index contributed by atoms with van der Waals surface area (Å²) >= 11 is 0. The zero-order valence-electron chi connectivity index (χ0n) is 20.6. The van der Waals surface area contributed by atoms with Crippen molar-refractivity contribution in [3.8, 4) is 17.2 Å². The molecule has 35 heavy (non-hydrogen) atoms. The summed E-state index contributed by atoms with van der Waals surface area (Å²) in [5, 5.41) is 0. The minimum absolute atomic E-state index is 0.123. The summed E-state index contributed by atoms with van der Waals surface area (Å²) in [6.07, 6.45) is 4.19.